The highest BCUT2D eigenvalue weighted by Gasteiger charge is 2.10. The molecule has 0 spiro atoms. The van der Waals surface area contributed by atoms with E-state index in [4.69, 9.17) is 4.74 Å². The van der Waals surface area contributed by atoms with Crippen LogP contribution in [-0.4, -0.2) is 12.1 Å². The van der Waals surface area contributed by atoms with Crippen molar-refractivity contribution in [2.45, 2.75) is 6.92 Å². The Balaban J connectivity index is 2.56. The molecule has 16 heavy (non-hydrogen) atoms. The average Bonchev–Trinajstić information content (AvgIpc) is 2.68. The largest absolute Gasteiger partial charge is 0.495 e. The lowest BCUT2D eigenvalue weighted by atomic mass is 10.1. The van der Waals surface area contributed by atoms with Gasteiger partial charge in [0.1, 0.15) is 5.75 Å². The number of pyridine rings is 1. The Bertz CT molecular complexity index is 672. The highest BCUT2D eigenvalue weighted by molar-refractivity contribution is 7.26. The number of hydrogen-bond acceptors (Lipinski definition) is 3. The molecule has 3 heteroatoms. The van der Waals surface area contributed by atoms with Crippen molar-refractivity contribution in [1.29, 1.82) is 0 Å². The van der Waals surface area contributed by atoms with Gasteiger partial charge in [0.15, 0.2) is 0 Å². The maximum atomic E-state index is 5.39. The Morgan fingerprint density at radius 2 is 2.12 bits per heavy atom. The van der Waals surface area contributed by atoms with Crippen LogP contribution in [0.15, 0.2) is 30.6 Å². The van der Waals surface area contributed by atoms with Crippen LogP contribution in [-0.2, 0) is 0 Å². The molecule has 2 aromatic heterocycles. The van der Waals surface area contributed by atoms with Crippen molar-refractivity contribution in [3.05, 3.63) is 36.2 Å². The van der Waals surface area contributed by atoms with E-state index in [1.54, 1.807) is 18.4 Å². The lowest BCUT2D eigenvalue weighted by Crippen LogP contribution is -1.81. The molecular formula is C13H11NOS. The van der Waals surface area contributed by atoms with Crippen molar-refractivity contribution in [2.24, 2.45) is 0 Å². The van der Waals surface area contributed by atoms with Crippen molar-refractivity contribution in [1.82, 2.24) is 4.98 Å². The van der Waals surface area contributed by atoms with Gasteiger partial charge in [0.05, 0.1) is 16.5 Å². The number of thiophene rings is 1. The number of aromatic nitrogens is 1. The van der Waals surface area contributed by atoms with Crippen LogP contribution < -0.4 is 4.74 Å². The van der Waals surface area contributed by atoms with Crippen LogP contribution in [0.25, 0.3) is 20.2 Å². The Kier molecular flexibility index (Phi) is 2.07. The molecule has 0 saturated heterocycles. The third-order valence-corrected chi connectivity index (χ3v) is 3.94. The Hall–Kier alpha value is -1.61. The van der Waals surface area contributed by atoms with Crippen LogP contribution in [0, 0.1) is 6.92 Å². The first-order valence-electron chi connectivity index (χ1n) is 5.11. The van der Waals surface area contributed by atoms with Crippen molar-refractivity contribution in [3.63, 3.8) is 0 Å². The maximum Gasteiger partial charge on any atom is 0.136 e. The van der Waals surface area contributed by atoms with Gasteiger partial charge in [0, 0.05) is 23.2 Å². The first-order chi connectivity index (χ1) is 7.81. The van der Waals surface area contributed by atoms with Crippen LogP contribution in [0.3, 0.4) is 0 Å². The summed E-state index contributed by atoms with van der Waals surface area (Å²) in [5, 5.41) is 2.56. The Morgan fingerprint density at radius 1 is 1.25 bits per heavy atom. The lowest BCUT2D eigenvalue weighted by Gasteiger charge is -2.00. The Labute approximate surface area is 97.5 Å². The zero-order valence-corrected chi connectivity index (χ0v) is 9.97. The van der Waals surface area contributed by atoms with Gasteiger partial charge in [-0.3, -0.25) is 4.98 Å². The van der Waals surface area contributed by atoms with E-state index in [-0.39, 0.29) is 0 Å². The summed E-state index contributed by atoms with van der Waals surface area (Å²) in [7, 11) is 1.71. The number of fused-ring (bicyclic) bond motifs is 3. The molecule has 3 rings (SSSR count). The molecule has 80 valence electrons. The Morgan fingerprint density at radius 3 is 2.94 bits per heavy atom. The van der Waals surface area contributed by atoms with Crippen molar-refractivity contribution >= 4 is 31.5 Å². The number of nitrogens with zero attached hydrogens (tertiary/aromatic N) is 1. The molecular weight excluding hydrogens is 218 g/mol. The summed E-state index contributed by atoms with van der Waals surface area (Å²) < 4.78 is 7.81. The van der Waals surface area contributed by atoms with Gasteiger partial charge in [-0.15, -0.1) is 11.3 Å². The van der Waals surface area contributed by atoms with E-state index >= 15 is 0 Å². The molecule has 0 radical (unpaired) electrons. The van der Waals surface area contributed by atoms with E-state index in [2.05, 4.69) is 18.0 Å². The fourth-order valence-corrected chi connectivity index (χ4v) is 3.29. The molecule has 0 aliphatic carbocycles. The zero-order chi connectivity index (χ0) is 11.1. The molecule has 3 aromatic rings. The SMILES string of the molecule is COc1cccc2c1sc1cncc(C)c12. The highest BCUT2D eigenvalue weighted by Crippen LogP contribution is 2.39. The van der Waals surface area contributed by atoms with Gasteiger partial charge in [0.25, 0.3) is 0 Å². The fourth-order valence-electron chi connectivity index (χ4n) is 2.05. The van der Waals surface area contributed by atoms with Crippen LogP contribution in [0.4, 0.5) is 0 Å². The summed E-state index contributed by atoms with van der Waals surface area (Å²) in [4.78, 5) is 4.23. The molecule has 0 aliphatic heterocycles. The van der Waals surface area contributed by atoms with E-state index in [1.165, 1.54) is 25.7 Å². The zero-order valence-electron chi connectivity index (χ0n) is 9.15. The van der Waals surface area contributed by atoms with Gasteiger partial charge in [-0.05, 0) is 18.6 Å². The molecule has 0 N–H and O–H groups in total. The van der Waals surface area contributed by atoms with Gasteiger partial charge >= 0.3 is 0 Å². The quantitative estimate of drug-likeness (QED) is 0.633. The summed E-state index contributed by atoms with van der Waals surface area (Å²) in [6.45, 7) is 2.10. The number of aryl methyl sites for hydroxylation is 1. The van der Waals surface area contributed by atoms with Crippen LogP contribution >= 0.6 is 11.3 Å². The number of rotatable bonds is 1. The summed E-state index contributed by atoms with van der Waals surface area (Å²) in [6, 6.07) is 6.18. The molecule has 0 aliphatic rings. The number of methoxy groups -OCH3 is 1. The third-order valence-electron chi connectivity index (χ3n) is 2.78. The van der Waals surface area contributed by atoms with Crippen LogP contribution in [0.5, 0.6) is 5.75 Å². The van der Waals surface area contributed by atoms with E-state index in [1.807, 2.05) is 24.5 Å². The predicted molar refractivity (Wildman–Crippen MR) is 68.4 cm³/mol. The van der Waals surface area contributed by atoms with Gasteiger partial charge in [-0.25, -0.2) is 0 Å². The summed E-state index contributed by atoms with van der Waals surface area (Å²) >= 11 is 1.74. The van der Waals surface area contributed by atoms with Gasteiger partial charge < -0.3 is 4.74 Å². The van der Waals surface area contributed by atoms with Crippen molar-refractivity contribution < 1.29 is 4.74 Å². The second kappa shape index (κ2) is 3.46. The average molecular weight is 229 g/mol. The third kappa shape index (κ3) is 1.21. The molecule has 2 nitrogen and oxygen atoms in total. The van der Waals surface area contributed by atoms with Gasteiger partial charge in [-0.1, -0.05) is 12.1 Å². The molecule has 0 fully saturated rings. The van der Waals surface area contributed by atoms with E-state index in [0.29, 0.717) is 0 Å². The minimum Gasteiger partial charge on any atom is -0.495 e. The first-order valence-corrected chi connectivity index (χ1v) is 5.92. The highest BCUT2D eigenvalue weighted by atomic mass is 32.1. The predicted octanol–water partition coefficient (Wildman–Crippen LogP) is 3.77. The van der Waals surface area contributed by atoms with E-state index in [9.17, 15) is 0 Å². The van der Waals surface area contributed by atoms with E-state index in [0.717, 1.165) is 5.75 Å². The second-order valence-corrected chi connectivity index (χ2v) is 4.82. The van der Waals surface area contributed by atoms with Gasteiger partial charge in [0.2, 0.25) is 0 Å². The summed E-state index contributed by atoms with van der Waals surface area (Å²) in [5.74, 6) is 0.943. The second-order valence-electron chi connectivity index (χ2n) is 3.77. The minimum absolute atomic E-state index is 0.943. The van der Waals surface area contributed by atoms with Crippen LogP contribution in [0.1, 0.15) is 5.56 Å². The smallest absolute Gasteiger partial charge is 0.136 e. The lowest BCUT2D eigenvalue weighted by molar-refractivity contribution is 0.420. The van der Waals surface area contributed by atoms with Gasteiger partial charge in [-0.2, -0.15) is 0 Å². The molecule has 2 heterocycles. The fraction of sp³-hybridized carbons (Fsp3) is 0.154. The molecule has 0 bridgehead atoms. The normalized spacial score (nSPS) is 11.1. The van der Waals surface area contributed by atoms with Crippen LogP contribution in [0.2, 0.25) is 0 Å². The molecule has 0 atom stereocenters. The number of hydrogen-bond donors (Lipinski definition) is 0. The first kappa shape index (κ1) is 9.60. The number of ether oxygens (including phenoxy) is 1. The van der Waals surface area contributed by atoms with Crippen molar-refractivity contribution in [3.8, 4) is 5.75 Å². The molecule has 0 unspecified atom stereocenters. The monoisotopic (exact) mass is 229 g/mol. The molecule has 1 aromatic carbocycles. The topological polar surface area (TPSA) is 22.1 Å². The minimum atomic E-state index is 0.943. The van der Waals surface area contributed by atoms with E-state index < -0.39 is 0 Å². The number of benzene rings is 1. The molecule has 0 saturated carbocycles. The maximum absolute atomic E-state index is 5.39. The summed E-state index contributed by atoms with van der Waals surface area (Å²) in [6.07, 6.45) is 3.83. The van der Waals surface area contributed by atoms with Crippen molar-refractivity contribution in [2.75, 3.05) is 7.11 Å². The molecule has 0 amide bonds. The summed E-state index contributed by atoms with van der Waals surface area (Å²) in [5.41, 5.74) is 1.22. The standard InChI is InChI=1S/C13H11NOS/c1-8-6-14-7-11-12(8)9-4-3-5-10(15-2)13(9)16-11/h3-7H,1-2H3.